The molecular weight excluding hydrogens is 320 g/mol. The van der Waals surface area contributed by atoms with Gasteiger partial charge in [0, 0.05) is 7.05 Å². The van der Waals surface area contributed by atoms with Crippen molar-refractivity contribution in [2.24, 2.45) is 0 Å². The maximum Gasteiger partial charge on any atom is 0.255 e. The smallest absolute Gasteiger partial charge is 0.255 e. The van der Waals surface area contributed by atoms with E-state index in [0.29, 0.717) is 29.5 Å². The number of likely N-dealkylation sites (N-methyl/N-ethyl adjacent to an activating group) is 1. The van der Waals surface area contributed by atoms with Crippen LogP contribution in [0.5, 0.6) is 0 Å². The highest BCUT2D eigenvalue weighted by Gasteiger charge is 2.16. The van der Waals surface area contributed by atoms with E-state index in [1.807, 2.05) is 24.3 Å². The Morgan fingerprint density at radius 3 is 2.72 bits per heavy atom. The van der Waals surface area contributed by atoms with Crippen molar-refractivity contribution >= 4 is 22.8 Å². The topological polar surface area (TPSA) is 91.2 Å². The molecule has 3 rings (SSSR count). The molecule has 25 heavy (non-hydrogen) atoms. The van der Waals surface area contributed by atoms with E-state index in [9.17, 15) is 9.59 Å². The number of hydrogen-bond donors (Lipinski definition) is 2. The SMILES string of the molecule is Cc1cc(C(=O)NCC(=O)N(C)Cc2nc3ccccc3[nH]2)c(C)o1. The Kier molecular flexibility index (Phi) is 4.56. The van der Waals surface area contributed by atoms with Crippen LogP contribution >= 0.6 is 0 Å². The van der Waals surface area contributed by atoms with Crippen molar-refractivity contribution in [2.45, 2.75) is 20.4 Å². The van der Waals surface area contributed by atoms with E-state index >= 15 is 0 Å². The Balaban J connectivity index is 1.57. The molecule has 0 aliphatic rings. The third-order valence-corrected chi connectivity index (χ3v) is 3.94. The largest absolute Gasteiger partial charge is 0.466 e. The number of imidazole rings is 1. The van der Waals surface area contributed by atoms with Crippen LogP contribution in [0.25, 0.3) is 11.0 Å². The lowest BCUT2D eigenvalue weighted by atomic mass is 10.2. The lowest BCUT2D eigenvalue weighted by Gasteiger charge is -2.16. The van der Waals surface area contributed by atoms with E-state index < -0.39 is 0 Å². The molecule has 0 aliphatic carbocycles. The number of hydrogen-bond acceptors (Lipinski definition) is 4. The van der Waals surface area contributed by atoms with Gasteiger partial charge in [-0.05, 0) is 32.0 Å². The Morgan fingerprint density at radius 1 is 1.28 bits per heavy atom. The lowest BCUT2D eigenvalue weighted by Crippen LogP contribution is -2.38. The standard InChI is InChI=1S/C18H20N4O3/c1-11-8-13(12(2)25-11)18(24)19-9-17(23)22(3)10-16-20-14-6-4-5-7-15(14)21-16/h4-8H,9-10H2,1-3H3,(H,19,24)(H,20,21). The summed E-state index contributed by atoms with van der Waals surface area (Å²) in [6.45, 7) is 3.75. The van der Waals surface area contributed by atoms with Crippen LogP contribution in [0.15, 0.2) is 34.7 Å². The summed E-state index contributed by atoms with van der Waals surface area (Å²) in [6, 6.07) is 9.34. The van der Waals surface area contributed by atoms with Crippen molar-refractivity contribution in [2.75, 3.05) is 13.6 Å². The number of benzene rings is 1. The van der Waals surface area contributed by atoms with Crippen LogP contribution < -0.4 is 5.32 Å². The second kappa shape index (κ2) is 6.80. The van der Waals surface area contributed by atoms with Gasteiger partial charge in [-0.15, -0.1) is 0 Å². The van der Waals surface area contributed by atoms with Gasteiger partial charge in [0.25, 0.3) is 5.91 Å². The van der Waals surface area contributed by atoms with Gasteiger partial charge >= 0.3 is 0 Å². The maximum atomic E-state index is 12.2. The first-order valence-electron chi connectivity index (χ1n) is 7.97. The zero-order chi connectivity index (χ0) is 18.0. The van der Waals surface area contributed by atoms with E-state index in [4.69, 9.17) is 4.42 Å². The van der Waals surface area contributed by atoms with Crippen LogP contribution in [0.2, 0.25) is 0 Å². The van der Waals surface area contributed by atoms with E-state index in [1.165, 1.54) is 4.90 Å². The molecule has 7 heteroatoms. The summed E-state index contributed by atoms with van der Waals surface area (Å²) in [5.74, 6) is 1.38. The molecule has 7 nitrogen and oxygen atoms in total. The normalized spacial score (nSPS) is 10.8. The minimum atomic E-state index is -0.320. The minimum Gasteiger partial charge on any atom is -0.466 e. The highest BCUT2D eigenvalue weighted by Crippen LogP contribution is 2.13. The van der Waals surface area contributed by atoms with Gasteiger partial charge < -0.3 is 19.6 Å². The molecule has 0 unspecified atom stereocenters. The number of furan rings is 1. The zero-order valence-electron chi connectivity index (χ0n) is 14.4. The number of rotatable bonds is 5. The van der Waals surface area contributed by atoms with Crippen molar-refractivity contribution in [1.29, 1.82) is 0 Å². The number of amides is 2. The summed E-state index contributed by atoms with van der Waals surface area (Å²) in [5, 5.41) is 2.63. The first-order valence-corrected chi connectivity index (χ1v) is 7.97. The lowest BCUT2D eigenvalue weighted by molar-refractivity contribution is -0.129. The van der Waals surface area contributed by atoms with Gasteiger partial charge in [0.05, 0.1) is 29.7 Å². The summed E-state index contributed by atoms with van der Waals surface area (Å²) >= 11 is 0. The second-order valence-corrected chi connectivity index (χ2v) is 5.96. The van der Waals surface area contributed by atoms with Crippen LogP contribution in [0.4, 0.5) is 0 Å². The fraction of sp³-hybridized carbons (Fsp3) is 0.278. The molecule has 0 aliphatic heterocycles. The predicted octanol–water partition coefficient (Wildman–Crippen LogP) is 2.16. The first kappa shape index (κ1) is 16.8. The molecule has 0 saturated carbocycles. The van der Waals surface area contributed by atoms with Crippen LogP contribution in [0, 0.1) is 13.8 Å². The van der Waals surface area contributed by atoms with Crippen molar-refractivity contribution < 1.29 is 14.0 Å². The average Bonchev–Trinajstić information content (AvgIpc) is 3.13. The van der Waals surface area contributed by atoms with Crippen molar-refractivity contribution in [3.8, 4) is 0 Å². The Hall–Kier alpha value is -3.09. The molecule has 2 aromatic heterocycles. The minimum absolute atomic E-state index is 0.0841. The highest BCUT2D eigenvalue weighted by atomic mass is 16.3. The van der Waals surface area contributed by atoms with E-state index in [-0.39, 0.29) is 18.4 Å². The number of aryl methyl sites for hydroxylation is 2. The summed E-state index contributed by atoms with van der Waals surface area (Å²) in [7, 11) is 1.68. The molecule has 0 atom stereocenters. The van der Waals surface area contributed by atoms with Crippen LogP contribution in [0.3, 0.4) is 0 Å². The van der Waals surface area contributed by atoms with Gasteiger partial charge in [-0.1, -0.05) is 12.1 Å². The fourth-order valence-corrected chi connectivity index (χ4v) is 2.64. The molecule has 0 spiro atoms. The van der Waals surface area contributed by atoms with E-state index in [2.05, 4.69) is 15.3 Å². The Bertz CT molecular complexity index is 892. The van der Waals surface area contributed by atoms with Gasteiger partial charge in [0.1, 0.15) is 17.3 Å². The fourth-order valence-electron chi connectivity index (χ4n) is 2.64. The molecule has 2 N–H and O–H groups in total. The number of para-hydroxylation sites is 2. The first-order chi connectivity index (χ1) is 11.9. The van der Waals surface area contributed by atoms with Gasteiger partial charge in [-0.2, -0.15) is 0 Å². The number of carbonyl (C=O) groups is 2. The second-order valence-electron chi connectivity index (χ2n) is 5.96. The summed E-state index contributed by atoms with van der Waals surface area (Å²) < 4.78 is 5.33. The predicted molar refractivity (Wildman–Crippen MR) is 93.1 cm³/mol. The van der Waals surface area contributed by atoms with Crippen molar-refractivity contribution in [3.63, 3.8) is 0 Å². The highest BCUT2D eigenvalue weighted by molar-refractivity contribution is 5.97. The summed E-state index contributed by atoms with van der Waals surface area (Å²) in [6.07, 6.45) is 0. The van der Waals surface area contributed by atoms with E-state index in [0.717, 1.165) is 11.0 Å². The molecule has 0 fully saturated rings. The molecule has 130 valence electrons. The summed E-state index contributed by atoms with van der Waals surface area (Å²) in [4.78, 5) is 33.5. The van der Waals surface area contributed by atoms with Gasteiger partial charge in [0.15, 0.2) is 0 Å². The van der Waals surface area contributed by atoms with Crippen LogP contribution in [-0.2, 0) is 11.3 Å². The molecule has 0 bridgehead atoms. The third-order valence-electron chi connectivity index (χ3n) is 3.94. The number of H-pyrrole nitrogens is 1. The average molecular weight is 340 g/mol. The number of aromatic amines is 1. The number of nitrogens with zero attached hydrogens (tertiary/aromatic N) is 2. The maximum absolute atomic E-state index is 12.2. The van der Waals surface area contributed by atoms with Gasteiger partial charge in [0.2, 0.25) is 5.91 Å². The van der Waals surface area contributed by atoms with Gasteiger partial charge in [-0.25, -0.2) is 4.98 Å². The molecule has 2 amide bonds. The van der Waals surface area contributed by atoms with E-state index in [1.54, 1.807) is 27.0 Å². The molecule has 0 radical (unpaired) electrons. The quantitative estimate of drug-likeness (QED) is 0.744. The third kappa shape index (κ3) is 3.71. The van der Waals surface area contributed by atoms with Crippen LogP contribution in [-0.4, -0.2) is 40.3 Å². The van der Waals surface area contributed by atoms with Gasteiger partial charge in [-0.3, -0.25) is 9.59 Å². The Morgan fingerprint density at radius 2 is 2.04 bits per heavy atom. The number of aromatic nitrogens is 2. The molecule has 2 heterocycles. The molecule has 3 aromatic rings. The molecule has 1 aromatic carbocycles. The Labute approximate surface area is 145 Å². The number of carbonyl (C=O) groups excluding carboxylic acids is 2. The monoisotopic (exact) mass is 340 g/mol. The summed E-state index contributed by atoms with van der Waals surface area (Å²) in [5.41, 5.74) is 2.24. The van der Waals surface area contributed by atoms with Crippen LogP contribution in [0.1, 0.15) is 27.7 Å². The van der Waals surface area contributed by atoms with Crippen molar-refractivity contribution in [3.05, 3.63) is 53.2 Å². The molecule has 0 saturated heterocycles. The number of fused-ring (bicyclic) bond motifs is 1. The zero-order valence-corrected chi connectivity index (χ0v) is 14.4. The van der Waals surface area contributed by atoms with Crippen molar-refractivity contribution in [1.82, 2.24) is 20.2 Å². The molecular formula is C18H20N4O3. The number of nitrogens with one attached hydrogen (secondary N) is 2.